The molecule has 3 aromatic carbocycles. The second-order valence-electron chi connectivity index (χ2n) is 6.43. The van der Waals surface area contributed by atoms with Crippen LogP contribution >= 0.6 is 0 Å². The van der Waals surface area contributed by atoms with Crippen LogP contribution in [0.3, 0.4) is 0 Å². The van der Waals surface area contributed by atoms with Gasteiger partial charge in [0.25, 0.3) is 11.8 Å². The van der Waals surface area contributed by atoms with Gasteiger partial charge in [-0.1, -0.05) is 42.5 Å². The van der Waals surface area contributed by atoms with E-state index in [1.165, 1.54) is 4.90 Å². The van der Waals surface area contributed by atoms with Crippen molar-refractivity contribution in [2.24, 2.45) is 0 Å². The molecule has 1 aromatic heterocycles. The molecule has 0 fully saturated rings. The molecule has 5 nitrogen and oxygen atoms in total. The van der Waals surface area contributed by atoms with Crippen LogP contribution in [0.2, 0.25) is 0 Å². The van der Waals surface area contributed by atoms with Gasteiger partial charge in [-0.2, -0.15) is 0 Å². The summed E-state index contributed by atoms with van der Waals surface area (Å²) in [6.45, 7) is 0.121. The highest BCUT2D eigenvalue weighted by molar-refractivity contribution is 6.21. The van der Waals surface area contributed by atoms with Gasteiger partial charge in [0.1, 0.15) is 5.82 Å². The second kappa shape index (κ2) is 5.92. The van der Waals surface area contributed by atoms with E-state index < -0.39 is 0 Å². The molecule has 0 unspecified atom stereocenters. The number of hydrogen-bond donors (Lipinski definition) is 0. The van der Waals surface area contributed by atoms with Gasteiger partial charge in [0.2, 0.25) is 0 Å². The van der Waals surface area contributed by atoms with Gasteiger partial charge < -0.3 is 0 Å². The molecule has 0 N–H and O–H groups in total. The average Bonchev–Trinajstić information content (AvgIpc) is 3.20. The van der Waals surface area contributed by atoms with E-state index in [0.717, 1.165) is 16.7 Å². The zero-order valence-corrected chi connectivity index (χ0v) is 14.4. The van der Waals surface area contributed by atoms with E-state index >= 15 is 0 Å². The summed E-state index contributed by atoms with van der Waals surface area (Å²) in [6.07, 6.45) is 0. The van der Waals surface area contributed by atoms with Crippen molar-refractivity contribution >= 4 is 22.8 Å². The molecule has 0 bridgehead atoms. The number of aromatic nitrogens is 2. The minimum atomic E-state index is -0.276. The highest BCUT2D eigenvalue weighted by atomic mass is 16.2. The SMILES string of the molecule is O=C1c2ccccc2C(=O)N1Cc1nc2ccccc2n1-c1ccccc1. The van der Waals surface area contributed by atoms with E-state index in [1.54, 1.807) is 24.3 Å². The summed E-state index contributed by atoms with van der Waals surface area (Å²) < 4.78 is 2.00. The third kappa shape index (κ3) is 2.36. The fraction of sp³-hybridized carbons (Fsp3) is 0.0455. The van der Waals surface area contributed by atoms with Crippen LogP contribution in [-0.4, -0.2) is 26.3 Å². The van der Waals surface area contributed by atoms with Crippen molar-refractivity contribution in [2.45, 2.75) is 6.54 Å². The molecular weight excluding hydrogens is 338 g/mol. The van der Waals surface area contributed by atoms with Crippen LogP contribution in [-0.2, 0) is 6.54 Å². The van der Waals surface area contributed by atoms with E-state index in [2.05, 4.69) is 0 Å². The molecule has 1 aliphatic rings. The van der Waals surface area contributed by atoms with Crippen LogP contribution in [0.5, 0.6) is 0 Å². The first-order chi connectivity index (χ1) is 13.2. The minimum Gasteiger partial charge on any atom is -0.295 e. The van der Waals surface area contributed by atoms with Crippen LogP contribution in [0.25, 0.3) is 16.7 Å². The Bertz CT molecular complexity index is 1160. The molecule has 130 valence electrons. The van der Waals surface area contributed by atoms with Crippen molar-refractivity contribution < 1.29 is 9.59 Å². The Morgan fingerprint density at radius 2 is 1.30 bits per heavy atom. The number of amides is 2. The Balaban J connectivity index is 1.63. The maximum absolute atomic E-state index is 12.7. The molecule has 5 heteroatoms. The van der Waals surface area contributed by atoms with E-state index in [9.17, 15) is 9.59 Å². The molecule has 0 spiro atoms. The van der Waals surface area contributed by atoms with E-state index in [-0.39, 0.29) is 18.4 Å². The first-order valence-corrected chi connectivity index (χ1v) is 8.71. The van der Waals surface area contributed by atoms with Gasteiger partial charge in [-0.3, -0.25) is 19.1 Å². The number of nitrogens with zero attached hydrogens (tertiary/aromatic N) is 3. The molecule has 2 amide bonds. The molecule has 0 saturated heterocycles. The topological polar surface area (TPSA) is 55.2 Å². The Kier molecular flexibility index (Phi) is 3.40. The average molecular weight is 353 g/mol. The van der Waals surface area contributed by atoms with Crippen molar-refractivity contribution in [1.82, 2.24) is 14.5 Å². The predicted octanol–water partition coefficient (Wildman–Crippen LogP) is 3.82. The molecule has 27 heavy (non-hydrogen) atoms. The lowest BCUT2D eigenvalue weighted by molar-refractivity contribution is 0.0638. The summed E-state index contributed by atoms with van der Waals surface area (Å²) in [7, 11) is 0. The molecular formula is C22H15N3O2. The number of carbonyl (C=O) groups excluding carboxylic acids is 2. The zero-order chi connectivity index (χ0) is 18.4. The van der Waals surface area contributed by atoms with E-state index in [0.29, 0.717) is 17.0 Å². The standard InChI is InChI=1S/C22H15N3O2/c26-21-16-10-4-5-11-17(16)22(27)24(21)14-20-23-18-12-6-7-13-19(18)25(20)15-8-2-1-3-9-15/h1-13H,14H2. The molecule has 0 atom stereocenters. The first kappa shape index (κ1) is 15.5. The third-order valence-electron chi connectivity index (χ3n) is 4.82. The smallest absolute Gasteiger partial charge is 0.261 e. The molecule has 0 aliphatic carbocycles. The maximum Gasteiger partial charge on any atom is 0.261 e. The summed E-state index contributed by atoms with van der Waals surface area (Å²) in [6, 6.07) is 24.6. The van der Waals surface area contributed by atoms with Gasteiger partial charge in [-0.05, 0) is 36.4 Å². The fourth-order valence-corrected chi connectivity index (χ4v) is 3.57. The Labute approximate surface area is 155 Å². The third-order valence-corrected chi connectivity index (χ3v) is 4.82. The van der Waals surface area contributed by atoms with Crippen molar-refractivity contribution in [3.8, 4) is 5.69 Å². The van der Waals surface area contributed by atoms with Crippen LogP contribution in [0, 0.1) is 0 Å². The Hall–Kier alpha value is -3.73. The lowest BCUT2D eigenvalue weighted by atomic mass is 10.1. The highest BCUT2D eigenvalue weighted by Crippen LogP contribution is 2.27. The summed E-state index contributed by atoms with van der Waals surface area (Å²) in [5.74, 6) is 0.0986. The molecule has 5 rings (SSSR count). The van der Waals surface area contributed by atoms with E-state index in [1.807, 2.05) is 59.2 Å². The van der Waals surface area contributed by atoms with Gasteiger partial charge in [0.05, 0.1) is 28.7 Å². The largest absolute Gasteiger partial charge is 0.295 e. The summed E-state index contributed by atoms with van der Waals surface area (Å²) >= 11 is 0. The number of imidazole rings is 1. The zero-order valence-electron chi connectivity index (χ0n) is 14.4. The number of carbonyl (C=O) groups is 2. The molecule has 2 heterocycles. The first-order valence-electron chi connectivity index (χ1n) is 8.71. The molecule has 0 saturated carbocycles. The summed E-state index contributed by atoms with van der Waals surface area (Å²) in [4.78, 5) is 31.5. The Morgan fingerprint density at radius 3 is 2.00 bits per heavy atom. The summed E-state index contributed by atoms with van der Waals surface area (Å²) in [5.41, 5.74) is 3.61. The maximum atomic E-state index is 12.7. The highest BCUT2D eigenvalue weighted by Gasteiger charge is 2.36. The number of hydrogen-bond acceptors (Lipinski definition) is 3. The predicted molar refractivity (Wildman–Crippen MR) is 102 cm³/mol. The van der Waals surface area contributed by atoms with Crippen molar-refractivity contribution in [1.29, 1.82) is 0 Å². The van der Waals surface area contributed by atoms with Crippen LogP contribution in [0.15, 0.2) is 78.9 Å². The van der Waals surface area contributed by atoms with E-state index in [4.69, 9.17) is 4.98 Å². The molecule has 1 aliphatic heterocycles. The van der Waals surface area contributed by atoms with Crippen molar-refractivity contribution in [2.75, 3.05) is 0 Å². The van der Waals surface area contributed by atoms with Crippen molar-refractivity contribution in [3.05, 3.63) is 95.8 Å². The number of rotatable bonds is 3. The van der Waals surface area contributed by atoms with Gasteiger partial charge >= 0.3 is 0 Å². The van der Waals surface area contributed by atoms with Gasteiger partial charge in [-0.15, -0.1) is 0 Å². The number of benzene rings is 3. The Morgan fingerprint density at radius 1 is 0.704 bits per heavy atom. The molecule has 4 aromatic rings. The van der Waals surface area contributed by atoms with Crippen LogP contribution in [0.1, 0.15) is 26.5 Å². The number of fused-ring (bicyclic) bond motifs is 2. The minimum absolute atomic E-state index is 0.121. The fourth-order valence-electron chi connectivity index (χ4n) is 3.57. The van der Waals surface area contributed by atoms with Crippen molar-refractivity contribution in [3.63, 3.8) is 0 Å². The lowest BCUT2D eigenvalue weighted by Crippen LogP contribution is -2.30. The quantitative estimate of drug-likeness (QED) is 0.526. The second-order valence-corrected chi connectivity index (χ2v) is 6.43. The number of imide groups is 1. The summed E-state index contributed by atoms with van der Waals surface area (Å²) in [5, 5.41) is 0. The molecule has 0 radical (unpaired) electrons. The number of para-hydroxylation sites is 3. The normalized spacial score (nSPS) is 13.4. The van der Waals surface area contributed by atoms with Crippen LogP contribution in [0.4, 0.5) is 0 Å². The monoisotopic (exact) mass is 353 g/mol. The lowest BCUT2D eigenvalue weighted by Gasteiger charge is -2.15. The van der Waals surface area contributed by atoms with Gasteiger partial charge in [0.15, 0.2) is 0 Å². The van der Waals surface area contributed by atoms with Gasteiger partial charge in [0, 0.05) is 5.69 Å². The van der Waals surface area contributed by atoms with Crippen LogP contribution < -0.4 is 0 Å². The van der Waals surface area contributed by atoms with Gasteiger partial charge in [-0.25, -0.2) is 4.98 Å².